The summed E-state index contributed by atoms with van der Waals surface area (Å²) in [5, 5.41) is 13.5. The largest absolute Gasteiger partial charge is 0.545 e. The first kappa shape index (κ1) is 13.0. The van der Waals surface area contributed by atoms with Gasteiger partial charge in [-0.2, -0.15) is 0 Å². The van der Waals surface area contributed by atoms with Crippen LogP contribution in [0.1, 0.15) is 36.2 Å². The van der Waals surface area contributed by atoms with E-state index in [4.69, 9.17) is 5.73 Å². The lowest BCUT2D eigenvalue weighted by Crippen LogP contribution is -2.24. The molecule has 5 heteroatoms. The van der Waals surface area contributed by atoms with Crippen LogP contribution in [-0.4, -0.2) is 11.9 Å². The normalized spacial score (nSPS) is 10.0. The van der Waals surface area contributed by atoms with Gasteiger partial charge in [0.2, 0.25) is 5.91 Å². The highest BCUT2D eigenvalue weighted by Gasteiger charge is 2.11. The zero-order valence-electron chi connectivity index (χ0n) is 9.87. The van der Waals surface area contributed by atoms with E-state index in [1.807, 2.05) is 0 Å². The molecule has 17 heavy (non-hydrogen) atoms. The first-order valence-electron chi connectivity index (χ1n) is 5.43. The number of benzene rings is 1. The van der Waals surface area contributed by atoms with Crippen LogP contribution in [0.2, 0.25) is 0 Å². The van der Waals surface area contributed by atoms with Gasteiger partial charge in [-0.05, 0) is 18.1 Å². The molecule has 1 amide bonds. The molecule has 0 fully saturated rings. The molecule has 0 saturated heterocycles. The molecule has 0 heterocycles. The highest BCUT2D eigenvalue weighted by molar-refractivity contribution is 5.97. The van der Waals surface area contributed by atoms with Gasteiger partial charge in [-0.25, -0.2) is 0 Å². The number of carboxylic acid groups (broad SMARTS) is 1. The molecule has 1 aromatic rings. The van der Waals surface area contributed by atoms with E-state index in [2.05, 4.69) is 5.32 Å². The fourth-order valence-corrected chi connectivity index (χ4v) is 1.58. The second-order valence-electron chi connectivity index (χ2n) is 3.60. The summed E-state index contributed by atoms with van der Waals surface area (Å²) in [5.74, 6) is -1.43. The van der Waals surface area contributed by atoms with E-state index in [-0.39, 0.29) is 17.2 Å². The van der Waals surface area contributed by atoms with Crippen molar-refractivity contribution in [3.63, 3.8) is 0 Å². The van der Waals surface area contributed by atoms with Crippen molar-refractivity contribution in [2.75, 3.05) is 11.1 Å². The number of amides is 1. The number of hydrogen-bond donors (Lipinski definition) is 2. The maximum absolute atomic E-state index is 11.3. The highest BCUT2D eigenvalue weighted by Crippen LogP contribution is 2.26. The number of anilines is 2. The maximum Gasteiger partial charge on any atom is 0.224 e. The van der Waals surface area contributed by atoms with Crippen molar-refractivity contribution in [1.29, 1.82) is 0 Å². The zero-order chi connectivity index (χ0) is 13.0. The smallest absolute Gasteiger partial charge is 0.224 e. The lowest BCUT2D eigenvalue weighted by molar-refractivity contribution is -0.255. The second-order valence-corrected chi connectivity index (χ2v) is 3.60. The van der Waals surface area contributed by atoms with Crippen LogP contribution in [0.25, 0.3) is 0 Å². The third-order valence-corrected chi connectivity index (χ3v) is 2.53. The molecule has 0 spiro atoms. The molecule has 3 N–H and O–H groups in total. The molecule has 0 bridgehead atoms. The molecule has 1 aromatic carbocycles. The quantitative estimate of drug-likeness (QED) is 0.745. The van der Waals surface area contributed by atoms with Crippen molar-refractivity contribution in [1.82, 2.24) is 0 Å². The summed E-state index contributed by atoms with van der Waals surface area (Å²) in [6.45, 7) is 3.52. The first-order valence-corrected chi connectivity index (χ1v) is 5.43. The van der Waals surface area contributed by atoms with Gasteiger partial charge >= 0.3 is 0 Å². The molecule has 92 valence electrons. The van der Waals surface area contributed by atoms with Crippen LogP contribution in [0.15, 0.2) is 12.1 Å². The van der Waals surface area contributed by atoms with E-state index >= 15 is 0 Å². The summed E-state index contributed by atoms with van der Waals surface area (Å²) < 4.78 is 0. The van der Waals surface area contributed by atoms with Crippen molar-refractivity contribution in [2.24, 2.45) is 0 Å². The Bertz CT molecular complexity index is 455. The molecule has 0 saturated carbocycles. The van der Waals surface area contributed by atoms with Gasteiger partial charge in [0.15, 0.2) is 0 Å². The third-order valence-electron chi connectivity index (χ3n) is 2.53. The fourth-order valence-electron chi connectivity index (χ4n) is 1.58. The Hall–Kier alpha value is -2.04. The number of aromatic carboxylic acids is 1. The monoisotopic (exact) mass is 235 g/mol. The Morgan fingerprint density at radius 3 is 2.47 bits per heavy atom. The molecule has 0 atom stereocenters. The summed E-state index contributed by atoms with van der Waals surface area (Å²) in [4.78, 5) is 22.1. The minimum absolute atomic E-state index is 0.0690. The number of nitrogens with two attached hydrogens (primary N) is 1. The minimum atomic E-state index is -1.26. The van der Waals surface area contributed by atoms with Crippen LogP contribution in [-0.2, 0) is 11.2 Å². The van der Waals surface area contributed by atoms with Crippen molar-refractivity contribution in [3.05, 3.63) is 23.3 Å². The summed E-state index contributed by atoms with van der Waals surface area (Å²) in [7, 11) is 0. The van der Waals surface area contributed by atoms with Crippen LogP contribution < -0.4 is 16.2 Å². The summed E-state index contributed by atoms with van der Waals surface area (Å²) in [6.07, 6.45) is 0.800. The standard InChI is InChI=1S/C12H16N2O3/c1-3-7-8(12(16)17)5-6-9(11(7)13)14-10(15)4-2/h5-6H,3-4,13H2,1-2H3,(H,14,15)(H,16,17)/p-1. The Morgan fingerprint density at radius 1 is 1.35 bits per heavy atom. The van der Waals surface area contributed by atoms with E-state index in [0.29, 0.717) is 24.1 Å². The third kappa shape index (κ3) is 2.75. The molecular weight excluding hydrogens is 220 g/mol. The number of hydrogen-bond acceptors (Lipinski definition) is 4. The lowest BCUT2D eigenvalue weighted by Gasteiger charge is -2.15. The average Bonchev–Trinajstić information content (AvgIpc) is 2.30. The lowest BCUT2D eigenvalue weighted by atomic mass is 10.0. The molecule has 0 aromatic heterocycles. The number of carbonyl (C=O) groups is 2. The number of nitrogens with one attached hydrogen (secondary N) is 1. The molecule has 0 unspecified atom stereocenters. The van der Waals surface area contributed by atoms with E-state index in [9.17, 15) is 14.7 Å². The Morgan fingerprint density at radius 2 is 2.00 bits per heavy atom. The molecule has 0 radical (unpaired) electrons. The fraction of sp³-hybridized carbons (Fsp3) is 0.333. The summed E-state index contributed by atoms with van der Waals surface area (Å²) >= 11 is 0. The minimum Gasteiger partial charge on any atom is -0.545 e. The van der Waals surface area contributed by atoms with Gasteiger partial charge in [0, 0.05) is 12.0 Å². The van der Waals surface area contributed by atoms with Gasteiger partial charge in [0.05, 0.1) is 17.3 Å². The second kappa shape index (κ2) is 5.34. The predicted octanol–water partition coefficient (Wildman–Crippen LogP) is 0.543. The molecular formula is C12H15N2O3-. The number of carbonyl (C=O) groups excluding carboxylic acids is 2. The van der Waals surface area contributed by atoms with Gasteiger partial charge in [-0.3, -0.25) is 4.79 Å². The number of carboxylic acids is 1. The Balaban J connectivity index is 3.20. The van der Waals surface area contributed by atoms with Crippen LogP contribution in [0.4, 0.5) is 11.4 Å². The molecule has 5 nitrogen and oxygen atoms in total. The molecule has 0 aliphatic heterocycles. The first-order chi connectivity index (χ1) is 8.01. The maximum atomic E-state index is 11.3. The van der Waals surface area contributed by atoms with Crippen molar-refractivity contribution in [3.8, 4) is 0 Å². The van der Waals surface area contributed by atoms with Crippen LogP contribution in [0.5, 0.6) is 0 Å². The topological polar surface area (TPSA) is 95.2 Å². The van der Waals surface area contributed by atoms with E-state index in [1.165, 1.54) is 12.1 Å². The zero-order valence-corrected chi connectivity index (χ0v) is 9.87. The Labute approximate surface area is 99.6 Å². The van der Waals surface area contributed by atoms with Gasteiger partial charge in [0.25, 0.3) is 0 Å². The average molecular weight is 235 g/mol. The van der Waals surface area contributed by atoms with Crippen molar-refractivity contribution < 1.29 is 14.7 Å². The number of rotatable bonds is 4. The van der Waals surface area contributed by atoms with Crippen molar-refractivity contribution >= 4 is 23.3 Å². The summed E-state index contributed by atoms with van der Waals surface area (Å²) in [5.41, 5.74) is 7.11. The van der Waals surface area contributed by atoms with Crippen LogP contribution in [0, 0.1) is 0 Å². The van der Waals surface area contributed by atoms with Crippen LogP contribution in [0.3, 0.4) is 0 Å². The highest BCUT2D eigenvalue weighted by atomic mass is 16.4. The van der Waals surface area contributed by atoms with E-state index in [1.54, 1.807) is 13.8 Å². The summed E-state index contributed by atoms with van der Waals surface area (Å²) in [6, 6.07) is 2.88. The molecule has 0 aliphatic rings. The van der Waals surface area contributed by atoms with Gasteiger partial charge < -0.3 is 21.0 Å². The van der Waals surface area contributed by atoms with E-state index < -0.39 is 5.97 Å². The van der Waals surface area contributed by atoms with E-state index in [0.717, 1.165) is 0 Å². The van der Waals surface area contributed by atoms with Gasteiger partial charge in [0.1, 0.15) is 0 Å². The number of nitrogen functional groups attached to an aromatic ring is 1. The molecule has 0 aliphatic carbocycles. The van der Waals surface area contributed by atoms with Gasteiger partial charge in [-0.15, -0.1) is 0 Å². The SMILES string of the molecule is CCC(=O)Nc1ccc(C(=O)[O-])c(CC)c1N. The molecule has 1 rings (SSSR count). The van der Waals surface area contributed by atoms with Crippen molar-refractivity contribution in [2.45, 2.75) is 26.7 Å². The van der Waals surface area contributed by atoms with Crippen LogP contribution >= 0.6 is 0 Å². The van der Waals surface area contributed by atoms with Gasteiger partial charge in [-0.1, -0.05) is 19.9 Å². The Kier molecular flexibility index (Phi) is 4.09. The predicted molar refractivity (Wildman–Crippen MR) is 63.5 cm³/mol.